The molecule has 3 atom stereocenters. The highest BCUT2D eigenvalue weighted by Gasteiger charge is 2.53. The molecule has 1 aromatic carbocycles. The van der Waals surface area contributed by atoms with Crippen molar-refractivity contribution in [3.05, 3.63) is 29.8 Å². The first-order chi connectivity index (χ1) is 15.1. The second kappa shape index (κ2) is 10.6. The van der Waals surface area contributed by atoms with Crippen LogP contribution in [0.4, 0.5) is 4.79 Å². The van der Waals surface area contributed by atoms with Crippen molar-refractivity contribution in [2.45, 2.75) is 37.5 Å². The molecule has 1 aliphatic rings. The van der Waals surface area contributed by atoms with Crippen LogP contribution in [0.5, 0.6) is 5.75 Å². The van der Waals surface area contributed by atoms with Gasteiger partial charge in [0.05, 0.1) is 45.9 Å². The quantitative estimate of drug-likeness (QED) is 0.516. The topological polar surface area (TPSA) is 129 Å². The number of rotatable bonds is 8. The fourth-order valence-electron chi connectivity index (χ4n) is 3.75. The van der Waals surface area contributed by atoms with Crippen LogP contribution in [0.2, 0.25) is 0 Å². The Hall–Kier alpha value is -2.88. The Kier molecular flexibility index (Phi) is 8.43. The largest absolute Gasteiger partial charge is 0.497 e. The molecule has 32 heavy (non-hydrogen) atoms. The lowest BCUT2D eigenvalue weighted by atomic mass is 10.1. The van der Waals surface area contributed by atoms with Crippen LogP contribution >= 0.6 is 0 Å². The monoisotopic (exact) mass is 468 g/mol. The van der Waals surface area contributed by atoms with Gasteiger partial charge >= 0.3 is 12.1 Å². The summed E-state index contributed by atoms with van der Waals surface area (Å²) in [6.07, 6.45) is -0.877. The van der Waals surface area contributed by atoms with Crippen LogP contribution in [0.1, 0.15) is 18.4 Å². The first-order valence-electron chi connectivity index (χ1n) is 9.75. The van der Waals surface area contributed by atoms with Crippen LogP contribution in [0.25, 0.3) is 0 Å². The van der Waals surface area contributed by atoms with Gasteiger partial charge in [0.25, 0.3) is 10.2 Å². The zero-order valence-electron chi connectivity index (χ0n) is 18.7. The SMILES string of the molecule is COC(=O)[C@H]1[C@@H](N(Cc2ccc(OC)cc2)S(=O)(=O)N(C)C)C[C@@H](CC#N)N1C(=O)OC. The minimum absolute atomic E-state index is 0.0612. The number of likely N-dealkylation sites (tertiary alicyclic amines) is 1. The summed E-state index contributed by atoms with van der Waals surface area (Å²) in [6.45, 7) is -0.0725. The van der Waals surface area contributed by atoms with E-state index in [1.165, 1.54) is 21.2 Å². The number of esters is 1. The van der Waals surface area contributed by atoms with Crippen molar-refractivity contribution in [2.75, 3.05) is 35.4 Å². The number of nitrogens with zero attached hydrogens (tertiary/aromatic N) is 4. The van der Waals surface area contributed by atoms with Gasteiger partial charge in [0.1, 0.15) is 11.8 Å². The zero-order chi connectivity index (χ0) is 24.1. The second-order valence-electron chi connectivity index (χ2n) is 7.35. The lowest BCUT2D eigenvalue weighted by molar-refractivity contribution is -0.147. The minimum Gasteiger partial charge on any atom is -0.497 e. The molecule has 2 rings (SSSR count). The standard InChI is InChI=1S/C20H28N4O7S/c1-22(2)32(27,28)23(13-14-6-8-16(29-3)9-7-14)17-12-15(10-11-21)24(20(26)31-5)18(17)19(25)30-4/h6-9,15,17-18H,10,12-13H2,1-5H3/t15-,17+,18-/m1/s1. The Bertz CT molecular complexity index is 959. The van der Waals surface area contributed by atoms with E-state index >= 15 is 0 Å². The molecule has 1 fully saturated rings. The molecule has 0 unspecified atom stereocenters. The van der Waals surface area contributed by atoms with Gasteiger partial charge in [0.15, 0.2) is 0 Å². The molecule has 12 heteroatoms. The second-order valence-corrected chi connectivity index (χ2v) is 9.44. The normalized spacial score (nSPS) is 20.8. The van der Waals surface area contributed by atoms with Crippen molar-refractivity contribution in [1.29, 1.82) is 5.26 Å². The number of carbonyl (C=O) groups excluding carboxylic acids is 2. The highest BCUT2D eigenvalue weighted by molar-refractivity contribution is 7.86. The van der Waals surface area contributed by atoms with E-state index in [4.69, 9.17) is 14.2 Å². The van der Waals surface area contributed by atoms with Gasteiger partial charge in [-0.3, -0.25) is 4.90 Å². The van der Waals surface area contributed by atoms with Crippen molar-refractivity contribution in [3.8, 4) is 11.8 Å². The summed E-state index contributed by atoms with van der Waals surface area (Å²) < 4.78 is 43.6. The highest BCUT2D eigenvalue weighted by atomic mass is 32.2. The molecule has 176 valence electrons. The summed E-state index contributed by atoms with van der Waals surface area (Å²) in [5, 5.41) is 9.24. The summed E-state index contributed by atoms with van der Waals surface area (Å²) in [6, 6.07) is 5.82. The Balaban J connectivity index is 2.58. The smallest absolute Gasteiger partial charge is 0.410 e. The lowest BCUT2D eigenvalue weighted by Crippen LogP contribution is -2.55. The fourth-order valence-corrected chi connectivity index (χ4v) is 5.02. The first kappa shape index (κ1) is 25.4. The van der Waals surface area contributed by atoms with E-state index in [0.717, 1.165) is 27.7 Å². The molecule has 0 saturated carbocycles. The first-order valence-corrected chi connectivity index (χ1v) is 11.1. The molecule has 1 aromatic rings. The van der Waals surface area contributed by atoms with Gasteiger partial charge in [-0.1, -0.05) is 12.1 Å². The van der Waals surface area contributed by atoms with Crippen LogP contribution < -0.4 is 4.74 Å². The molecule has 1 saturated heterocycles. The van der Waals surface area contributed by atoms with Gasteiger partial charge in [-0.15, -0.1) is 0 Å². The van der Waals surface area contributed by atoms with E-state index < -0.39 is 40.4 Å². The maximum atomic E-state index is 13.3. The van der Waals surface area contributed by atoms with Crippen molar-refractivity contribution in [3.63, 3.8) is 0 Å². The number of nitriles is 1. The molecular formula is C20H28N4O7S. The third-order valence-electron chi connectivity index (χ3n) is 5.35. The van der Waals surface area contributed by atoms with Crippen molar-refractivity contribution < 1.29 is 32.2 Å². The van der Waals surface area contributed by atoms with Gasteiger partial charge in [-0.25, -0.2) is 9.59 Å². The number of benzene rings is 1. The third-order valence-corrected chi connectivity index (χ3v) is 7.27. The number of carbonyl (C=O) groups is 2. The number of methoxy groups -OCH3 is 3. The molecular weight excluding hydrogens is 440 g/mol. The van der Waals surface area contributed by atoms with Gasteiger partial charge in [0.2, 0.25) is 0 Å². The van der Waals surface area contributed by atoms with Crippen LogP contribution in [0.3, 0.4) is 0 Å². The summed E-state index contributed by atoms with van der Waals surface area (Å²) in [5.41, 5.74) is 0.646. The molecule has 0 aliphatic carbocycles. The maximum absolute atomic E-state index is 13.3. The Morgan fingerprint density at radius 3 is 2.25 bits per heavy atom. The fraction of sp³-hybridized carbons (Fsp3) is 0.550. The summed E-state index contributed by atoms with van der Waals surface area (Å²) in [4.78, 5) is 26.3. The third kappa shape index (κ3) is 5.12. The molecule has 0 bridgehead atoms. The summed E-state index contributed by atoms with van der Waals surface area (Å²) >= 11 is 0. The van der Waals surface area contributed by atoms with Crippen molar-refractivity contribution >= 4 is 22.3 Å². The molecule has 0 aromatic heterocycles. The van der Waals surface area contributed by atoms with E-state index in [1.54, 1.807) is 24.3 Å². The van der Waals surface area contributed by atoms with Gasteiger partial charge in [0, 0.05) is 20.6 Å². The van der Waals surface area contributed by atoms with Crippen molar-refractivity contribution in [2.24, 2.45) is 0 Å². The zero-order valence-corrected chi connectivity index (χ0v) is 19.5. The summed E-state index contributed by atoms with van der Waals surface area (Å²) in [5.74, 6) is -0.190. The molecule has 0 spiro atoms. The molecule has 0 N–H and O–H groups in total. The van der Waals surface area contributed by atoms with Gasteiger partial charge in [-0.2, -0.15) is 22.3 Å². The Morgan fingerprint density at radius 2 is 1.78 bits per heavy atom. The van der Waals surface area contributed by atoms with E-state index in [9.17, 15) is 23.3 Å². The van der Waals surface area contributed by atoms with Gasteiger partial charge < -0.3 is 14.2 Å². The van der Waals surface area contributed by atoms with Crippen molar-refractivity contribution in [1.82, 2.24) is 13.5 Å². The van der Waals surface area contributed by atoms with Crippen LogP contribution in [-0.2, 0) is 31.0 Å². The molecule has 11 nitrogen and oxygen atoms in total. The molecule has 1 heterocycles. The van der Waals surface area contributed by atoms with E-state index in [0.29, 0.717) is 11.3 Å². The predicted octanol–water partition coefficient (Wildman–Crippen LogP) is 0.968. The highest BCUT2D eigenvalue weighted by Crippen LogP contribution is 2.34. The minimum atomic E-state index is -4.04. The number of hydrogen-bond donors (Lipinski definition) is 0. The Labute approximate surface area is 188 Å². The molecule has 1 aliphatic heterocycles. The van der Waals surface area contributed by atoms with Crippen LogP contribution in [0.15, 0.2) is 24.3 Å². The Morgan fingerprint density at radius 1 is 1.16 bits per heavy atom. The lowest BCUT2D eigenvalue weighted by Gasteiger charge is -2.34. The van der Waals surface area contributed by atoms with E-state index in [2.05, 4.69) is 0 Å². The van der Waals surface area contributed by atoms with E-state index in [-0.39, 0.29) is 19.4 Å². The van der Waals surface area contributed by atoms with Crippen LogP contribution in [0, 0.1) is 11.3 Å². The summed E-state index contributed by atoms with van der Waals surface area (Å²) in [7, 11) is 2.54. The average Bonchev–Trinajstić information content (AvgIpc) is 3.15. The van der Waals surface area contributed by atoms with Crippen LogP contribution in [-0.4, -0.2) is 87.5 Å². The number of amides is 1. The number of hydrogen-bond acceptors (Lipinski definition) is 8. The molecule has 0 radical (unpaired) electrons. The predicted molar refractivity (Wildman–Crippen MR) is 114 cm³/mol. The number of ether oxygens (including phenoxy) is 3. The van der Waals surface area contributed by atoms with E-state index in [1.807, 2.05) is 6.07 Å². The maximum Gasteiger partial charge on any atom is 0.410 e. The molecule has 1 amide bonds. The average molecular weight is 469 g/mol. The van der Waals surface area contributed by atoms with Gasteiger partial charge in [-0.05, 0) is 24.1 Å².